The molecule has 0 unspecified atom stereocenters. The van der Waals surface area contributed by atoms with Crippen LogP contribution >= 0.6 is 0 Å². The molecule has 0 radical (unpaired) electrons. The van der Waals surface area contributed by atoms with Crippen LogP contribution in [0.15, 0.2) is 35.9 Å². The maximum absolute atomic E-state index is 12.9. The van der Waals surface area contributed by atoms with E-state index in [9.17, 15) is 10.1 Å². The number of hydrogen-bond acceptors (Lipinski definition) is 4. The number of para-hydroxylation sites is 1. The van der Waals surface area contributed by atoms with Crippen LogP contribution in [0.25, 0.3) is 6.08 Å². The van der Waals surface area contributed by atoms with Gasteiger partial charge in [0.25, 0.3) is 5.91 Å². The molecule has 1 N–H and O–H groups in total. The van der Waals surface area contributed by atoms with Crippen LogP contribution in [0.3, 0.4) is 0 Å². The molecule has 0 atom stereocenters. The van der Waals surface area contributed by atoms with Crippen molar-refractivity contribution in [2.45, 2.75) is 40.3 Å². The maximum atomic E-state index is 12.9. The summed E-state index contributed by atoms with van der Waals surface area (Å²) in [6, 6.07) is 11.9. The Morgan fingerprint density at radius 3 is 2.70 bits per heavy atom. The summed E-state index contributed by atoms with van der Waals surface area (Å²) in [6.07, 6.45) is 2.72. The molecule has 1 aromatic heterocycles. The highest BCUT2D eigenvalue weighted by molar-refractivity contribution is 6.10. The molecule has 0 saturated carbocycles. The molecular formula is C24H30N4O2. The Kier molecular flexibility index (Phi) is 7.45. The molecule has 1 saturated heterocycles. The number of ether oxygens (including phenoxy) is 1. The number of amides is 1. The Labute approximate surface area is 178 Å². The van der Waals surface area contributed by atoms with Crippen LogP contribution in [0.1, 0.15) is 35.9 Å². The summed E-state index contributed by atoms with van der Waals surface area (Å²) in [5.41, 5.74) is 5.00. The lowest BCUT2D eigenvalue weighted by molar-refractivity contribution is -0.112. The van der Waals surface area contributed by atoms with E-state index in [4.69, 9.17) is 4.74 Å². The van der Waals surface area contributed by atoms with E-state index in [0.717, 1.165) is 74.0 Å². The van der Waals surface area contributed by atoms with Crippen LogP contribution in [0, 0.1) is 25.2 Å². The first-order chi connectivity index (χ1) is 14.5. The quantitative estimate of drug-likeness (QED) is 0.559. The van der Waals surface area contributed by atoms with Gasteiger partial charge < -0.3 is 14.6 Å². The van der Waals surface area contributed by atoms with Gasteiger partial charge in [0, 0.05) is 43.3 Å². The van der Waals surface area contributed by atoms with Crippen molar-refractivity contribution in [1.82, 2.24) is 9.47 Å². The number of nitrogens with zero attached hydrogens (tertiary/aromatic N) is 3. The fourth-order valence-corrected chi connectivity index (χ4v) is 3.82. The van der Waals surface area contributed by atoms with E-state index in [1.165, 1.54) is 0 Å². The predicted octanol–water partition coefficient (Wildman–Crippen LogP) is 3.89. The lowest BCUT2D eigenvalue weighted by Gasteiger charge is -2.27. The number of aryl methyl sites for hydroxylation is 1. The van der Waals surface area contributed by atoms with Gasteiger partial charge in [-0.15, -0.1) is 0 Å². The molecular weight excluding hydrogens is 376 g/mol. The number of nitriles is 1. The third-order valence-corrected chi connectivity index (χ3v) is 5.49. The van der Waals surface area contributed by atoms with Crippen LogP contribution in [-0.4, -0.2) is 41.7 Å². The van der Waals surface area contributed by atoms with E-state index in [1.54, 1.807) is 6.08 Å². The first-order valence-corrected chi connectivity index (χ1v) is 10.5. The number of benzene rings is 1. The lowest BCUT2D eigenvalue weighted by atomic mass is 10.1. The number of hydrogen-bond donors (Lipinski definition) is 1. The normalized spacial score (nSPS) is 15.1. The molecule has 0 aliphatic carbocycles. The Balaban J connectivity index is 1.79. The molecule has 1 aromatic carbocycles. The van der Waals surface area contributed by atoms with Gasteiger partial charge in [-0.1, -0.05) is 25.1 Å². The van der Waals surface area contributed by atoms with Gasteiger partial charge in [-0.25, -0.2) is 0 Å². The number of carbonyl (C=O) groups excluding carboxylic acids is 1. The van der Waals surface area contributed by atoms with Gasteiger partial charge in [0.1, 0.15) is 11.6 Å². The zero-order valence-corrected chi connectivity index (χ0v) is 18.1. The van der Waals surface area contributed by atoms with Gasteiger partial charge in [0.05, 0.1) is 13.2 Å². The van der Waals surface area contributed by atoms with Crippen molar-refractivity contribution >= 4 is 17.7 Å². The van der Waals surface area contributed by atoms with Crippen molar-refractivity contribution in [3.8, 4) is 6.07 Å². The zero-order chi connectivity index (χ0) is 21.5. The monoisotopic (exact) mass is 406 g/mol. The Hall–Kier alpha value is -2.88. The number of rotatable bonds is 7. The summed E-state index contributed by atoms with van der Waals surface area (Å²) >= 11 is 0. The highest BCUT2D eigenvalue weighted by atomic mass is 16.5. The van der Waals surface area contributed by atoms with Crippen molar-refractivity contribution in [2.75, 3.05) is 31.6 Å². The van der Waals surface area contributed by atoms with Crippen molar-refractivity contribution in [3.05, 3.63) is 58.4 Å². The van der Waals surface area contributed by atoms with Crippen LogP contribution < -0.4 is 5.32 Å². The van der Waals surface area contributed by atoms with E-state index >= 15 is 0 Å². The van der Waals surface area contributed by atoms with Gasteiger partial charge in [-0.2, -0.15) is 5.26 Å². The third kappa shape index (κ3) is 5.18. The second-order valence-electron chi connectivity index (χ2n) is 7.65. The Bertz CT molecular complexity index is 962. The fourth-order valence-electron chi connectivity index (χ4n) is 3.82. The van der Waals surface area contributed by atoms with Gasteiger partial charge in [0.2, 0.25) is 0 Å². The SMILES string of the molecule is CCCn1c(C)cc(/C=C(/C#N)C(=O)Nc2ccccc2CN2CCOCC2)c1C. The molecule has 6 nitrogen and oxygen atoms in total. The number of carbonyl (C=O) groups is 1. The third-order valence-electron chi connectivity index (χ3n) is 5.49. The number of nitrogens with one attached hydrogen (secondary N) is 1. The molecule has 1 aliphatic heterocycles. The van der Waals surface area contributed by atoms with Gasteiger partial charge in [-0.3, -0.25) is 9.69 Å². The second kappa shape index (κ2) is 10.2. The first kappa shape index (κ1) is 21.8. The maximum Gasteiger partial charge on any atom is 0.266 e. The summed E-state index contributed by atoms with van der Waals surface area (Å²) in [7, 11) is 0. The van der Waals surface area contributed by atoms with E-state index in [0.29, 0.717) is 0 Å². The van der Waals surface area contributed by atoms with Crippen LogP contribution in [0.5, 0.6) is 0 Å². The average Bonchev–Trinajstić information content (AvgIpc) is 3.01. The fraction of sp³-hybridized carbons (Fsp3) is 0.417. The largest absolute Gasteiger partial charge is 0.379 e. The molecule has 0 spiro atoms. The summed E-state index contributed by atoms with van der Waals surface area (Å²) in [6.45, 7) is 11.1. The summed E-state index contributed by atoms with van der Waals surface area (Å²) in [5.74, 6) is -0.382. The topological polar surface area (TPSA) is 70.3 Å². The molecule has 3 rings (SSSR count). The molecule has 0 bridgehead atoms. The molecule has 2 heterocycles. The van der Waals surface area contributed by atoms with Crippen molar-refractivity contribution in [3.63, 3.8) is 0 Å². The van der Waals surface area contributed by atoms with Crippen LogP contribution in [0.2, 0.25) is 0 Å². The predicted molar refractivity (Wildman–Crippen MR) is 119 cm³/mol. The minimum Gasteiger partial charge on any atom is -0.379 e. The molecule has 1 amide bonds. The summed E-state index contributed by atoms with van der Waals surface area (Å²) in [5, 5.41) is 12.6. The smallest absolute Gasteiger partial charge is 0.266 e. The van der Waals surface area contributed by atoms with Crippen molar-refractivity contribution in [1.29, 1.82) is 5.26 Å². The van der Waals surface area contributed by atoms with Gasteiger partial charge >= 0.3 is 0 Å². The average molecular weight is 407 g/mol. The molecule has 2 aromatic rings. The molecule has 30 heavy (non-hydrogen) atoms. The number of aromatic nitrogens is 1. The van der Waals surface area contributed by atoms with E-state index < -0.39 is 0 Å². The zero-order valence-electron chi connectivity index (χ0n) is 18.1. The van der Waals surface area contributed by atoms with Gasteiger partial charge in [-0.05, 0) is 49.6 Å². The van der Waals surface area contributed by atoms with Crippen LogP contribution in [-0.2, 0) is 22.6 Å². The highest BCUT2D eigenvalue weighted by Gasteiger charge is 2.16. The Morgan fingerprint density at radius 1 is 1.27 bits per heavy atom. The molecule has 1 aliphatic rings. The first-order valence-electron chi connectivity index (χ1n) is 10.5. The van der Waals surface area contributed by atoms with Crippen molar-refractivity contribution in [2.24, 2.45) is 0 Å². The highest BCUT2D eigenvalue weighted by Crippen LogP contribution is 2.21. The minimum absolute atomic E-state index is 0.105. The van der Waals surface area contributed by atoms with E-state index in [1.807, 2.05) is 44.2 Å². The Morgan fingerprint density at radius 2 is 2.00 bits per heavy atom. The van der Waals surface area contributed by atoms with Crippen molar-refractivity contribution < 1.29 is 9.53 Å². The summed E-state index contributed by atoms with van der Waals surface area (Å²) in [4.78, 5) is 15.2. The second-order valence-corrected chi connectivity index (χ2v) is 7.65. The minimum atomic E-state index is -0.382. The number of morpholine rings is 1. The molecule has 1 fully saturated rings. The molecule has 158 valence electrons. The van der Waals surface area contributed by atoms with Gasteiger partial charge in [0.15, 0.2) is 0 Å². The van der Waals surface area contributed by atoms with E-state index in [2.05, 4.69) is 27.8 Å². The number of anilines is 1. The summed E-state index contributed by atoms with van der Waals surface area (Å²) < 4.78 is 7.63. The van der Waals surface area contributed by atoms with Crippen LogP contribution in [0.4, 0.5) is 5.69 Å². The molecule has 6 heteroatoms. The van der Waals surface area contributed by atoms with E-state index in [-0.39, 0.29) is 11.5 Å². The lowest BCUT2D eigenvalue weighted by Crippen LogP contribution is -2.35. The standard InChI is InChI=1S/C24H30N4O2/c1-4-9-28-18(2)14-21(19(28)3)15-22(16-25)24(29)26-23-8-6-5-7-20(23)17-27-10-12-30-13-11-27/h5-8,14-15H,4,9-13,17H2,1-3H3,(H,26,29)/b22-15-.